The first-order valence-corrected chi connectivity index (χ1v) is 32.6. The average Bonchev–Trinajstić information content (AvgIpc) is 3.36. The highest BCUT2D eigenvalue weighted by atomic mass is 16.6. The van der Waals surface area contributed by atoms with Gasteiger partial charge in [-0.25, -0.2) is 0 Å². The Hall–Kier alpha value is -1.59. The smallest absolute Gasteiger partial charge is 0.306 e. The second-order valence-electron chi connectivity index (χ2n) is 24.0. The molecule has 0 spiro atoms. The van der Waals surface area contributed by atoms with Crippen molar-refractivity contribution >= 4 is 17.9 Å². The van der Waals surface area contributed by atoms with Gasteiger partial charge in [0.2, 0.25) is 0 Å². The van der Waals surface area contributed by atoms with Gasteiger partial charge < -0.3 is 14.2 Å². The van der Waals surface area contributed by atoms with E-state index in [1.807, 2.05) is 0 Å². The summed E-state index contributed by atoms with van der Waals surface area (Å²) in [6, 6.07) is 0. The van der Waals surface area contributed by atoms with E-state index < -0.39 is 6.10 Å². The fourth-order valence-corrected chi connectivity index (χ4v) is 10.2. The lowest BCUT2D eigenvalue weighted by Crippen LogP contribution is -2.30. The second-order valence-corrected chi connectivity index (χ2v) is 24.0. The van der Waals surface area contributed by atoms with Crippen molar-refractivity contribution in [3.05, 3.63) is 0 Å². The summed E-state index contributed by atoms with van der Waals surface area (Å²) in [5.41, 5.74) is 0. The highest BCUT2D eigenvalue weighted by molar-refractivity contribution is 5.71. The molecule has 0 aliphatic rings. The summed E-state index contributed by atoms with van der Waals surface area (Å²) >= 11 is 0. The van der Waals surface area contributed by atoms with Crippen LogP contribution in [0.4, 0.5) is 0 Å². The monoisotopic (exact) mass is 1020 g/mol. The summed E-state index contributed by atoms with van der Waals surface area (Å²) in [7, 11) is 0. The van der Waals surface area contributed by atoms with E-state index in [2.05, 4.69) is 41.5 Å². The molecule has 0 aromatic carbocycles. The van der Waals surface area contributed by atoms with E-state index in [1.165, 1.54) is 250 Å². The fourth-order valence-electron chi connectivity index (χ4n) is 10.2. The molecule has 0 radical (unpaired) electrons. The molecule has 0 N–H and O–H groups in total. The number of ether oxygens (including phenoxy) is 3. The zero-order valence-electron chi connectivity index (χ0n) is 49.7. The van der Waals surface area contributed by atoms with Crippen LogP contribution in [-0.4, -0.2) is 37.2 Å². The minimum Gasteiger partial charge on any atom is -0.462 e. The van der Waals surface area contributed by atoms with Crippen LogP contribution < -0.4 is 0 Å². The van der Waals surface area contributed by atoms with Crippen molar-refractivity contribution in [1.82, 2.24) is 0 Å². The minimum absolute atomic E-state index is 0.0625. The van der Waals surface area contributed by atoms with Crippen LogP contribution in [0.2, 0.25) is 0 Å². The van der Waals surface area contributed by atoms with Crippen LogP contribution in [-0.2, 0) is 28.6 Å². The Morgan fingerprint density at radius 3 is 0.722 bits per heavy atom. The van der Waals surface area contributed by atoms with E-state index in [0.717, 1.165) is 75.5 Å². The molecular weight excluding hydrogens is 889 g/mol. The molecule has 0 bridgehead atoms. The van der Waals surface area contributed by atoms with Crippen LogP contribution in [0.5, 0.6) is 0 Å². The summed E-state index contributed by atoms with van der Waals surface area (Å²) in [6.45, 7) is 13.8. The molecule has 6 heteroatoms. The van der Waals surface area contributed by atoms with Crippen molar-refractivity contribution in [2.75, 3.05) is 13.2 Å². The van der Waals surface area contributed by atoms with Crippen LogP contribution in [0, 0.1) is 17.8 Å². The third kappa shape index (κ3) is 57.7. The molecule has 1 unspecified atom stereocenters. The molecule has 0 heterocycles. The summed E-state index contributed by atoms with van der Waals surface area (Å²) in [5.74, 6) is 1.75. The van der Waals surface area contributed by atoms with Crippen LogP contribution >= 0.6 is 0 Å². The molecule has 0 aromatic heterocycles. The largest absolute Gasteiger partial charge is 0.462 e. The van der Waals surface area contributed by atoms with Gasteiger partial charge in [0.1, 0.15) is 13.2 Å². The normalized spacial score (nSPS) is 12.5. The molecule has 428 valence electrons. The molecule has 0 rings (SSSR count). The van der Waals surface area contributed by atoms with Crippen molar-refractivity contribution in [2.24, 2.45) is 17.8 Å². The van der Waals surface area contributed by atoms with Crippen molar-refractivity contribution in [2.45, 2.75) is 375 Å². The van der Waals surface area contributed by atoms with Crippen LogP contribution in [0.3, 0.4) is 0 Å². The van der Waals surface area contributed by atoms with E-state index in [0.29, 0.717) is 19.3 Å². The van der Waals surface area contributed by atoms with Gasteiger partial charge in [0.25, 0.3) is 0 Å². The predicted octanol–water partition coefficient (Wildman–Crippen LogP) is 21.8. The molecular formula is C66H128O6. The van der Waals surface area contributed by atoms with Gasteiger partial charge >= 0.3 is 17.9 Å². The SMILES string of the molecule is CCC(C)CCCCCCCCCCCCCCCCCCCCC(=O)OC[C@@H](COC(=O)CCCCCCCCCCCCCCCCC(C)C)OC(=O)CCCCCCCCCCCCCCC(C)C. The molecule has 72 heavy (non-hydrogen) atoms. The molecule has 0 aromatic rings. The maximum absolute atomic E-state index is 12.9. The zero-order valence-corrected chi connectivity index (χ0v) is 49.7. The number of hydrogen-bond acceptors (Lipinski definition) is 6. The third-order valence-corrected chi connectivity index (χ3v) is 15.5. The molecule has 0 aliphatic heterocycles. The topological polar surface area (TPSA) is 78.9 Å². The number of rotatable bonds is 59. The van der Waals surface area contributed by atoms with E-state index in [9.17, 15) is 14.4 Å². The van der Waals surface area contributed by atoms with Crippen molar-refractivity contribution in [1.29, 1.82) is 0 Å². The Morgan fingerprint density at radius 2 is 0.486 bits per heavy atom. The molecule has 0 amide bonds. The predicted molar refractivity (Wildman–Crippen MR) is 312 cm³/mol. The van der Waals surface area contributed by atoms with Crippen LogP contribution in [0.1, 0.15) is 369 Å². The Kier molecular flexibility index (Phi) is 55.9. The maximum Gasteiger partial charge on any atom is 0.306 e. The van der Waals surface area contributed by atoms with E-state index in [-0.39, 0.29) is 31.1 Å². The highest BCUT2D eigenvalue weighted by Gasteiger charge is 2.19. The number of carbonyl (C=O) groups excluding carboxylic acids is 3. The van der Waals surface area contributed by atoms with E-state index in [1.54, 1.807) is 0 Å². The van der Waals surface area contributed by atoms with Gasteiger partial charge in [-0.05, 0) is 37.0 Å². The molecule has 0 aliphatic carbocycles. The van der Waals surface area contributed by atoms with Crippen LogP contribution in [0.25, 0.3) is 0 Å². The summed E-state index contributed by atoms with van der Waals surface area (Å²) in [6.07, 6.45) is 62.4. The summed E-state index contributed by atoms with van der Waals surface area (Å²) in [4.78, 5) is 38.3. The van der Waals surface area contributed by atoms with Gasteiger partial charge in [-0.1, -0.05) is 330 Å². The van der Waals surface area contributed by atoms with Gasteiger partial charge in [-0.3, -0.25) is 14.4 Å². The first-order valence-electron chi connectivity index (χ1n) is 32.6. The quantitative estimate of drug-likeness (QED) is 0.0343. The molecule has 2 atom stereocenters. The van der Waals surface area contributed by atoms with Gasteiger partial charge in [-0.15, -0.1) is 0 Å². The Bertz CT molecular complexity index is 1120. The Balaban J connectivity index is 4.26. The third-order valence-electron chi connectivity index (χ3n) is 15.5. The first kappa shape index (κ1) is 70.4. The Morgan fingerprint density at radius 1 is 0.278 bits per heavy atom. The number of hydrogen-bond donors (Lipinski definition) is 0. The second kappa shape index (κ2) is 57.1. The fraction of sp³-hybridized carbons (Fsp3) is 0.955. The zero-order chi connectivity index (χ0) is 52.6. The van der Waals surface area contributed by atoms with Gasteiger partial charge in [-0.2, -0.15) is 0 Å². The summed E-state index contributed by atoms with van der Waals surface area (Å²) < 4.78 is 17.0. The number of carbonyl (C=O) groups is 3. The Labute approximate surface area is 450 Å². The van der Waals surface area contributed by atoms with E-state index >= 15 is 0 Å². The lowest BCUT2D eigenvalue weighted by molar-refractivity contribution is -0.167. The number of esters is 3. The standard InChI is InChI=1S/C66H128O6/c1-7-62(6)54-48-42-36-30-24-17-12-10-8-9-11-13-18-25-31-37-43-49-55-64(67)70-58-63(72-66(69)57-51-45-39-33-27-21-20-23-29-35-41-47-53-61(4)5)59-71-65(68)56-50-44-38-32-26-19-15-14-16-22-28-34-40-46-52-60(2)3/h60-63H,7-59H2,1-6H3/t62?,63-/m0/s1. The molecule has 0 fully saturated rings. The van der Waals surface area contributed by atoms with Crippen molar-refractivity contribution in [3.8, 4) is 0 Å². The van der Waals surface area contributed by atoms with Crippen molar-refractivity contribution in [3.63, 3.8) is 0 Å². The van der Waals surface area contributed by atoms with Gasteiger partial charge in [0.15, 0.2) is 6.10 Å². The molecule has 6 nitrogen and oxygen atoms in total. The lowest BCUT2D eigenvalue weighted by atomic mass is 9.99. The molecule has 0 saturated carbocycles. The molecule has 0 saturated heterocycles. The first-order chi connectivity index (χ1) is 35.1. The van der Waals surface area contributed by atoms with Crippen molar-refractivity contribution < 1.29 is 28.6 Å². The number of unbranched alkanes of at least 4 members (excludes halogenated alkanes) is 41. The highest BCUT2D eigenvalue weighted by Crippen LogP contribution is 2.20. The average molecular weight is 1020 g/mol. The summed E-state index contributed by atoms with van der Waals surface area (Å²) in [5, 5.41) is 0. The maximum atomic E-state index is 12.9. The van der Waals surface area contributed by atoms with Crippen LogP contribution in [0.15, 0.2) is 0 Å². The van der Waals surface area contributed by atoms with Gasteiger partial charge in [0.05, 0.1) is 0 Å². The minimum atomic E-state index is -0.765. The van der Waals surface area contributed by atoms with E-state index in [4.69, 9.17) is 14.2 Å². The van der Waals surface area contributed by atoms with Gasteiger partial charge in [0, 0.05) is 19.3 Å². The lowest BCUT2D eigenvalue weighted by Gasteiger charge is -2.18.